The first kappa shape index (κ1) is 15.9. The average molecular weight is 295 g/mol. The van der Waals surface area contributed by atoms with Gasteiger partial charge in [-0.2, -0.15) is 0 Å². The number of hydrogen-bond acceptors (Lipinski definition) is 4. The Hall–Kier alpha value is -0.450. The molecule has 1 aromatic rings. The summed E-state index contributed by atoms with van der Waals surface area (Å²) < 4.78 is 0. The summed E-state index contributed by atoms with van der Waals surface area (Å²) in [6.45, 7) is 11.8. The lowest BCUT2D eigenvalue weighted by Gasteiger charge is -2.35. The lowest BCUT2D eigenvalue weighted by Crippen LogP contribution is -2.43. The van der Waals surface area contributed by atoms with E-state index >= 15 is 0 Å². The van der Waals surface area contributed by atoms with Gasteiger partial charge in [0.05, 0.1) is 5.01 Å². The van der Waals surface area contributed by atoms with Gasteiger partial charge in [0.1, 0.15) is 0 Å². The van der Waals surface area contributed by atoms with Crippen molar-refractivity contribution < 1.29 is 0 Å². The number of aromatic nitrogens is 1. The molecule has 1 saturated heterocycles. The van der Waals surface area contributed by atoms with Crippen LogP contribution in [0.25, 0.3) is 0 Å². The van der Waals surface area contributed by atoms with E-state index < -0.39 is 0 Å². The average Bonchev–Trinajstić information content (AvgIpc) is 3.00. The van der Waals surface area contributed by atoms with E-state index in [9.17, 15) is 0 Å². The fourth-order valence-corrected chi connectivity index (χ4v) is 3.79. The predicted molar refractivity (Wildman–Crippen MR) is 87.4 cm³/mol. The Labute approximate surface area is 127 Å². The summed E-state index contributed by atoms with van der Waals surface area (Å²) in [5.74, 6) is 1.37. The Morgan fingerprint density at radius 1 is 1.40 bits per heavy atom. The normalized spacial score (nSPS) is 20.9. The zero-order chi connectivity index (χ0) is 14.4. The summed E-state index contributed by atoms with van der Waals surface area (Å²) in [5, 5.41) is 7.06. The SMILES string of the molecule is CCCN1CCC(C(C)NCC(C)c2nccs2)CC1. The first-order valence-corrected chi connectivity index (χ1v) is 8.93. The molecule has 0 bridgehead atoms. The summed E-state index contributed by atoms with van der Waals surface area (Å²) in [6, 6.07) is 0.626. The molecule has 0 saturated carbocycles. The van der Waals surface area contributed by atoms with E-state index in [1.807, 2.05) is 6.20 Å². The van der Waals surface area contributed by atoms with Crippen molar-refractivity contribution in [1.29, 1.82) is 0 Å². The highest BCUT2D eigenvalue weighted by atomic mass is 32.1. The third kappa shape index (κ3) is 4.54. The second kappa shape index (κ2) is 8.11. The van der Waals surface area contributed by atoms with Crippen LogP contribution in [-0.4, -0.2) is 42.1 Å². The molecule has 2 unspecified atom stereocenters. The topological polar surface area (TPSA) is 28.2 Å². The molecular weight excluding hydrogens is 266 g/mol. The van der Waals surface area contributed by atoms with Gasteiger partial charge in [-0.05, 0) is 51.7 Å². The number of thiazole rings is 1. The van der Waals surface area contributed by atoms with Crippen LogP contribution in [0.2, 0.25) is 0 Å². The van der Waals surface area contributed by atoms with Crippen LogP contribution in [0.4, 0.5) is 0 Å². The molecule has 0 amide bonds. The molecule has 4 heteroatoms. The Morgan fingerprint density at radius 2 is 2.15 bits per heavy atom. The van der Waals surface area contributed by atoms with Crippen LogP contribution < -0.4 is 5.32 Å². The summed E-state index contributed by atoms with van der Waals surface area (Å²) in [4.78, 5) is 7.02. The van der Waals surface area contributed by atoms with Gasteiger partial charge in [0.25, 0.3) is 0 Å². The number of nitrogens with zero attached hydrogens (tertiary/aromatic N) is 2. The minimum Gasteiger partial charge on any atom is -0.313 e. The van der Waals surface area contributed by atoms with Crippen molar-refractivity contribution in [1.82, 2.24) is 15.2 Å². The molecule has 0 spiro atoms. The summed E-state index contributed by atoms with van der Waals surface area (Å²) in [6.07, 6.45) is 5.88. The number of piperidine rings is 1. The van der Waals surface area contributed by atoms with Gasteiger partial charge in [-0.25, -0.2) is 4.98 Å². The van der Waals surface area contributed by atoms with Gasteiger partial charge in [-0.15, -0.1) is 11.3 Å². The standard InChI is InChI=1S/C16H29N3S/c1-4-8-19-9-5-15(6-10-19)14(3)18-12-13(2)16-17-7-11-20-16/h7,11,13-15,18H,4-6,8-10,12H2,1-3H3. The van der Waals surface area contributed by atoms with Crippen LogP contribution in [0.3, 0.4) is 0 Å². The monoisotopic (exact) mass is 295 g/mol. The van der Waals surface area contributed by atoms with Crippen molar-refractivity contribution in [3.63, 3.8) is 0 Å². The van der Waals surface area contributed by atoms with Crippen LogP contribution in [0.5, 0.6) is 0 Å². The van der Waals surface area contributed by atoms with Crippen molar-refractivity contribution in [2.45, 2.75) is 52.0 Å². The van der Waals surface area contributed by atoms with Crippen LogP contribution in [0, 0.1) is 5.92 Å². The molecular formula is C16H29N3S. The number of nitrogens with one attached hydrogen (secondary N) is 1. The van der Waals surface area contributed by atoms with E-state index in [0.717, 1.165) is 12.5 Å². The number of hydrogen-bond donors (Lipinski definition) is 1. The Bertz CT molecular complexity index is 358. The molecule has 3 nitrogen and oxygen atoms in total. The molecule has 20 heavy (non-hydrogen) atoms. The van der Waals surface area contributed by atoms with Crippen molar-refractivity contribution in [2.75, 3.05) is 26.2 Å². The Balaban J connectivity index is 1.69. The maximum Gasteiger partial charge on any atom is 0.0965 e. The van der Waals surface area contributed by atoms with E-state index in [4.69, 9.17) is 0 Å². The fourth-order valence-electron chi connectivity index (χ4n) is 3.09. The van der Waals surface area contributed by atoms with E-state index in [1.165, 1.54) is 43.9 Å². The smallest absolute Gasteiger partial charge is 0.0965 e. The lowest BCUT2D eigenvalue weighted by molar-refractivity contribution is 0.162. The molecule has 0 radical (unpaired) electrons. The predicted octanol–water partition coefficient (Wildman–Crippen LogP) is 3.35. The molecule has 0 aromatic carbocycles. The van der Waals surface area contributed by atoms with Crippen LogP contribution in [0.15, 0.2) is 11.6 Å². The molecule has 2 heterocycles. The maximum atomic E-state index is 4.41. The van der Waals surface area contributed by atoms with E-state index in [0.29, 0.717) is 12.0 Å². The zero-order valence-corrected chi connectivity index (χ0v) is 14.0. The fraction of sp³-hybridized carbons (Fsp3) is 0.812. The Kier molecular flexibility index (Phi) is 6.46. The lowest BCUT2D eigenvalue weighted by atomic mass is 9.90. The third-order valence-electron chi connectivity index (χ3n) is 4.50. The highest BCUT2D eigenvalue weighted by Gasteiger charge is 2.23. The van der Waals surface area contributed by atoms with Crippen LogP contribution >= 0.6 is 11.3 Å². The van der Waals surface area contributed by atoms with Gasteiger partial charge < -0.3 is 10.2 Å². The maximum absolute atomic E-state index is 4.41. The molecule has 0 aliphatic carbocycles. The first-order chi connectivity index (χ1) is 9.70. The minimum absolute atomic E-state index is 0.526. The summed E-state index contributed by atoms with van der Waals surface area (Å²) in [5.41, 5.74) is 0. The zero-order valence-electron chi connectivity index (χ0n) is 13.1. The van der Waals surface area contributed by atoms with Gasteiger partial charge in [-0.3, -0.25) is 0 Å². The van der Waals surface area contributed by atoms with E-state index in [1.54, 1.807) is 11.3 Å². The number of rotatable bonds is 7. The van der Waals surface area contributed by atoms with Gasteiger partial charge in [0.15, 0.2) is 0 Å². The molecule has 1 aliphatic heterocycles. The molecule has 114 valence electrons. The van der Waals surface area contributed by atoms with Crippen molar-refractivity contribution in [3.05, 3.63) is 16.6 Å². The van der Waals surface area contributed by atoms with Crippen LogP contribution in [-0.2, 0) is 0 Å². The second-order valence-electron chi connectivity index (χ2n) is 6.15. The molecule has 2 rings (SSSR count). The largest absolute Gasteiger partial charge is 0.313 e. The molecule has 1 fully saturated rings. The minimum atomic E-state index is 0.526. The first-order valence-electron chi connectivity index (χ1n) is 8.05. The second-order valence-corrected chi connectivity index (χ2v) is 7.07. The van der Waals surface area contributed by atoms with Gasteiger partial charge >= 0.3 is 0 Å². The highest BCUT2D eigenvalue weighted by Crippen LogP contribution is 2.22. The molecule has 1 aromatic heterocycles. The molecule has 1 N–H and O–H groups in total. The summed E-state index contributed by atoms with van der Waals surface area (Å²) in [7, 11) is 0. The third-order valence-corrected chi connectivity index (χ3v) is 5.51. The van der Waals surface area contributed by atoms with E-state index in [2.05, 4.69) is 41.4 Å². The quantitative estimate of drug-likeness (QED) is 0.836. The highest BCUT2D eigenvalue weighted by molar-refractivity contribution is 7.09. The molecule has 1 aliphatic rings. The molecule has 2 atom stereocenters. The Morgan fingerprint density at radius 3 is 2.75 bits per heavy atom. The van der Waals surface area contributed by atoms with Crippen molar-refractivity contribution in [2.24, 2.45) is 5.92 Å². The van der Waals surface area contributed by atoms with Gasteiger partial charge in [0.2, 0.25) is 0 Å². The van der Waals surface area contributed by atoms with Crippen molar-refractivity contribution >= 4 is 11.3 Å². The summed E-state index contributed by atoms with van der Waals surface area (Å²) >= 11 is 1.77. The van der Waals surface area contributed by atoms with Crippen LogP contribution in [0.1, 0.15) is 51.0 Å². The van der Waals surface area contributed by atoms with Gasteiger partial charge in [-0.1, -0.05) is 13.8 Å². The van der Waals surface area contributed by atoms with Gasteiger partial charge in [0, 0.05) is 30.1 Å². The van der Waals surface area contributed by atoms with E-state index in [-0.39, 0.29) is 0 Å². The van der Waals surface area contributed by atoms with Crippen molar-refractivity contribution in [3.8, 4) is 0 Å². The number of likely N-dealkylation sites (tertiary alicyclic amines) is 1.